The van der Waals surface area contributed by atoms with Gasteiger partial charge in [0.05, 0.1) is 17.7 Å². The van der Waals surface area contributed by atoms with Crippen LogP contribution in [0.15, 0.2) is 0 Å². The molecule has 0 saturated heterocycles. The van der Waals surface area contributed by atoms with Crippen molar-refractivity contribution < 1.29 is 8.42 Å². The predicted molar refractivity (Wildman–Crippen MR) is 58.5 cm³/mol. The van der Waals surface area contributed by atoms with Gasteiger partial charge in [0, 0.05) is 13.1 Å². The highest BCUT2D eigenvalue weighted by atomic mass is 32.2. The van der Waals surface area contributed by atoms with E-state index in [9.17, 15) is 8.42 Å². The SMILES string of the molecule is CCN(CC(C)C#N)S(=O)(=O)CC1CC1. The Labute approximate surface area is 91.9 Å². The molecule has 1 unspecified atom stereocenters. The molecule has 1 aliphatic carbocycles. The van der Waals surface area contributed by atoms with Crippen molar-refractivity contribution in [1.29, 1.82) is 5.26 Å². The first kappa shape index (κ1) is 12.5. The first-order valence-electron chi connectivity index (χ1n) is 5.37. The maximum Gasteiger partial charge on any atom is 0.214 e. The molecule has 0 aromatic rings. The lowest BCUT2D eigenvalue weighted by molar-refractivity contribution is 0.398. The van der Waals surface area contributed by atoms with Gasteiger partial charge in [0.1, 0.15) is 0 Å². The molecule has 86 valence electrons. The van der Waals surface area contributed by atoms with Crippen molar-refractivity contribution in [1.82, 2.24) is 4.31 Å². The van der Waals surface area contributed by atoms with E-state index in [2.05, 4.69) is 6.07 Å². The molecule has 1 aliphatic rings. The van der Waals surface area contributed by atoms with E-state index in [1.165, 1.54) is 4.31 Å². The molecule has 5 heteroatoms. The lowest BCUT2D eigenvalue weighted by atomic mass is 10.2. The van der Waals surface area contributed by atoms with Crippen molar-refractivity contribution >= 4 is 10.0 Å². The minimum absolute atomic E-state index is 0.237. The van der Waals surface area contributed by atoms with Gasteiger partial charge >= 0.3 is 0 Å². The molecule has 4 nitrogen and oxygen atoms in total. The van der Waals surface area contributed by atoms with Crippen LogP contribution in [0, 0.1) is 23.2 Å². The minimum Gasteiger partial charge on any atom is -0.212 e. The molecule has 1 fully saturated rings. The summed E-state index contributed by atoms with van der Waals surface area (Å²) in [4.78, 5) is 0. The molecule has 0 aromatic carbocycles. The Bertz CT molecular complexity index is 341. The fourth-order valence-corrected chi connectivity index (χ4v) is 3.46. The van der Waals surface area contributed by atoms with Crippen LogP contribution in [0.5, 0.6) is 0 Å². The van der Waals surface area contributed by atoms with E-state index in [0.29, 0.717) is 19.0 Å². The molecule has 0 radical (unpaired) electrons. The molecule has 0 aromatic heterocycles. The van der Waals surface area contributed by atoms with Crippen LogP contribution in [0.3, 0.4) is 0 Å². The first-order chi connectivity index (χ1) is 6.99. The number of rotatable bonds is 6. The van der Waals surface area contributed by atoms with E-state index >= 15 is 0 Å². The fourth-order valence-electron chi connectivity index (χ4n) is 1.47. The van der Waals surface area contributed by atoms with Gasteiger partial charge in [0.25, 0.3) is 0 Å². The van der Waals surface area contributed by atoms with Gasteiger partial charge in [-0.1, -0.05) is 6.92 Å². The van der Waals surface area contributed by atoms with Gasteiger partial charge < -0.3 is 0 Å². The van der Waals surface area contributed by atoms with Crippen LogP contribution in [-0.4, -0.2) is 31.6 Å². The molecule has 0 amide bonds. The highest BCUT2D eigenvalue weighted by Crippen LogP contribution is 2.31. The summed E-state index contributed by atoms with van der Waals surface area (Å²) in [5.41, 5.74) is 0. The van der Waals surface area contributed by atoms with Crippen LogP contribution in [0.25, 0.3) is 0 Å². The van der Waals surface area contributed by atoms with E-state index < -0.39 is 10.0 Å². The van der Waals surface area contributed by atoms with Gasteiger partial charge in [-0.2, -0.15) is 5.26 Å². The highest BCUT2D eigenvalue weighted by molar-refractivity contribution is 7.89. The Balaban J connectivity index is 2.59. The summed E-state index contributed by atoms with van der Waals surface area (Å²) in [5, 5.41) is 8.67. The molecule has 1 rings (SSSR count). The molecule has 0 N–H and O–H groups in total. The number of hydrogen-bond acceptors (Lipinski definition) is 3. The monoisotopic (exact) mass is 230 g/mol. The van der Waals surface area contributed by atoms with Gasteiger partial charge in [-0.05, 0) is 25.7 Å². The Hall–Kier alpha value is -0.600. The van der Waals surface area contributed by atoms with Gasteiger partial charge in [0.15, 0.2) is 0 Å². The van der Waals surface area contributed by atoms with Crippen molar-refractivity contribution in [3.63, 3.8) is 0 Å². The summed E-state index contributed by atoms with van der Waals surface area (Å²) < 4.78 is 25.2. The lowest BCUT2D eigenvalue weighted by Gasteiger charge is -2.21. The number of nitrogens with zero attached hydrogens (tertiary/aromatic N) is 2. The van der Waals surface area contributed by atoms with Gasteiger partial charge in [-0.25, -0.2) is 12.7 Å². The van der Waals surface area contributed by atoms with E-state index in [4.69, 9.17) is 5.26 Å². The van der Waals surface area contributed by atoms with Crippen LogP contribution in [0.2, 0.25) is 0 Å². The molecule has 0 aliphatic heterocycles. The highest BCUT2D eigenvalue weighted by Gasteiger charge is 2.31. The van der Waals surface area contributed by atoms with E-state index in [1.54, 1.807) is 6.92 Å². The van der Waals surface area contributed by atoms with Crippen molar-refractivity contribution in [2.45, 2.75) is 26.7 Å². The Morgan fingerprint density at radius 3 is 2.53 bits per heavy atom. The van der Waals surface area contributed by atoms with Crippen LogP contribution >= 0.6 is 0 Å². The largest absolute Gasteiger partial charge is 0.214 e. The molecule has 0 bridgehead atoms. The zero-order valence-electron chi connectivity index (χ0n) is 9.31. The van der Waals surface area contributed by atoms with Gasteiger partial charge in [-0.15, -0.1) is 0 Å². The molecule has 1 saturated carbocycles. The van der Waals surface area contributed by atoms with Crippen LogP contribution in [-0.2, 0) is 10.0 Å². The third kappa shape index (κ3) is 3.80. The molecular weight excluding hydrogens is 212 g/mol. The maximum absolute atomic E-state index is 11.9. The topological polar surface area (TPSA) is 61.2 Å². The van der Waals surface area contributed by atoms with Crippen LogP contribution < -0.4 is 0 Å². The lowest BCUT2D eigenvalue weighted by Crippen LogP contribution is -2.36. The zero-order valence-corrected chi connectivity index (χ0v) is 10.1. The van der Waals surface area contributed by atoms with Gasteiger partial charge in [0.2, 0.25) is 10.0 Å². The summed E-state index contributed by atoms with van der Waals surface area (Å²) in [6, 6.07) is 2.06. The normalized spacial score (nSPS) is 18.8. The molecular formula is C10H18N2O2S. The summed E-state index contributed by atoms with van der Waals surface area (Å²) >= 11 is 0. The van der Waals surface area contributed by atoms with Crippen LogP contribution in [0.1, 0.15) is 26.7 Å². The number of hydrogen-bond donors (Lipinski definition) is 0. The second-order valence-electron chi connectivity index (χ2n) is 4.20. The third-order valence-corrected chi connectivity index (χ3v) is 4.67. The first-order valence-corrected chi connectivity index (χ1v) is 6.98. The molecule has 0 heterocycles. The Morgan fingerprint density at radius 2 is 2.13 bits per heavy atom. The van der Waals surface area contributed by atoms with E-state index in [0.717, 1.165) is 12.8 Å². The quantitative estimate of drug-likeness (QED) is 0.689. The fraction of sp³-hybridized carbons (Fsp3) is 0.900. The second-order valence-corrected chi connectivity index (χ2v) is 6.22. The van der Waals surface area contributed by atoms with Crippen molar-refractivity contribution in [2.24, 2.45) is 11.8 Å². The average molecular weight is 230 g/mol. The summed E-state index contributed by atoms with van der Waals surface area (Å²) in [6.07, 6.45) is 2.06. The maximum atomic E-state index is 11.9. The number of sulfonamides is 1. The van der Waals surface area contributed by atoms with Crippen molar-refractivity contribution in [2.75, 3.05) is 18.8 Å². The van der Waals surface area contributed by atoms with Gasteiger partial charge in [-0.3, -0.25) is 0 Å². The minimum atomic E-state index is -3.13. The van der Waals surface area contributed by atoms with Crippen molar-refractivity contribution in [3.05, 3.63) is 0 Å². The Kier molecular flexibility index (Phi) is 4.12. The van der Waals surface area contributed by atoms with E-state index in [-0.39, 0.29) is 11.7 Å². The molecule has 15 heavy (non-hydrogen) atoms. The summed E-state index contributed by atoms with van der Waals surface area (Å²) in [5.74, 6) is 0.388. The van der Waals surface area contributed by atoms with Crippen LogP contribution in [0.4, 0.5) is 0 Å². The zero-order chi connectivity index (χ0) is 11.5. The third-order valence-electron chi connectivity index (χ3n) is 2.59. The van der Waals surface area contributed by atoms with E-state index in [1.807, 2.05) is 6.92 Å². The number of nitriles is 1. The molecule has 0 spiro atoms. The summed E-state index contributed by atoms with van der Waals surface area (Å²) in [6.45, 7) is 4.34. The predicted octanol–water partition coefficient (Wildman–Crippen LogP) is 1.21. The standard InChI is InChI=1S/C10H18N2O2S/c1-3-12(7-9(2)6-11)15(13,14)8-10-4-5-10/h9-10H,3-5,7-8H2,1-2H3. The smallest absolute Gasteiger partial charge is 0.212 e. The Morgan fingerprint density at radius 1 is 1.53 bits per heavy atom. The van der Waals surface area contributed by atoms with Crippen molar-refractivity contribution in [3.8, 4) is 6.07 Å². The summed E-state index contributed by atoms with van der Waals surface area (Å²) in [7, 11) is -3.13. The average Bonchev–Trinajstić information content (AvgIpc) is 2.96. The second kappa shape index (κ2) is 4.95. The molecule has 1 atom stereocenters.